The summed E-state index contributed by atoms with van der Waals surface area (Å²) in [5.74, 6) is -1.00. The number of aromatic carboxylic acids is 1. The first kappa shape index (κ1) is 17.2. The van der Waals surface area contributed by atoms with Gasteiger partial charge in [0.05, 0.1) is 0 Å². The quantitative estimate of drug-likeness (QED) is 0.845. The van der Waals surface area contributed by atoms with Gasteiger partial charge in [0.15, 0.2) is 0 Å². The standard InChI is InChI=1S/C20H25NO2/c1-19(2,3)15-9-14(10-16(11-15)20(4,5)6)13-7-8-17(18(22)23)21-12-13/h7-12H,1-6H3,(H,22,23). The van der Waals surface area contributed by atoms with Crippen LogP contribution in [0.3, 0.4) is 0 Å². The van der Waals surface area contributed by atoms with E-state index in [4.69, 9.17) is 5.11 Å². The number of hydrogen-bond acceptors (Lipinski definition) is 2. The van der Waals surface area contributed by atoms with Crippen molar-refractivity contribution < 1.29 is 9.90 Å². The van der Waals surface area contributed by atoms with Gasteiger partial charge in [0.25, 0.3) is 0 Å². The first-order valence-corrected chi connectivity index (χ1v) is 7.84. The highest BCUT2D eigenvalue weighted by Gasteiger charge is 2.21. The molecule has 2 aromatic rings. The monoisotopic (exact) mass is 311 g/mol. The lowest BCUT2D eigenvalue weighted by molar-refractivity contribution is 0.0690. The molecule has 2 rings (SSSR count). The van der Waals surface area contributed by atoms with Gasteiger partial charge in [-0.05, 0) is 33.6 Å². The summed E-state index contributed by atoms with van der Waals surface area (Å²) in [6.07, 6.45) is 1.64. The van der Waals surface area contributed by atoms with Gasteiger partial charge in [-0.3, -0.25) is 0 Å². The van der Waals surface area contributed by atoms with Crippen LogP contribution in [0.5, 0.6) is 0 Å². The predicted molar refractivity (Wildman–Crippen MR) is 94.0 cm³/mol. The van der Waals surface area contributed by atoms with Crippen LogP contribution >= 0.6 is 0 Å². The summed E-state index contributed by atoms with van der Waals surface area (Å²) in [5.41, 5.74) is 4.70. The highest BCUT2D eigenvalue weighted by Crippen LogP contribution is 2.33. The molecule has 0 spiro atoms. The van der Waals surface area contributed by atoms with Crippen LogP contribution < -0.4 is 0 Å². The second kappa shape index (κ2) is 5.80. The number of benzene rings is 1. The highest BCUT2D eigenvalue weighted by atomic mass is 16.4. The second-order valence-electron chi connectivity index (χ2n) is 8.04. The fourth-order valence-corrected chi connectivity index (χ4v) is 2.35. The van der Waals surface area contributed by atoms with Crippen molar-refractivity contribution in [1.82, 2.24) is 4.98 Å². The molecule has 0 saturated carbocycles. The van der Waals surface area contributed by atoms with E-state index in [1.807, 2.05) is 6.07 Å². The maximum atomic E-state index is 11.0. The van der Waals surface area contributed by atoms with E-state index in [1.54, 1.807) is 12.3 Å². The van der Waals surface area contributed by atoms with Gasteiger partial charge in [-0.25, -0.2) is 9.78 Å². The Morgan fingerprint density at radius 2 is 1.39 bits per heavy atom. The molecular weight excluding hydrogens is 286 g/mol. The van der Waals surface area contributed by atoms with E-state index in [-0.39, 0.29) is 16.5 Å². The van der Waals surface area contributed by atoms with Crippen molar-refractivity contribution in [3.05, 3.63) is 53.3 Å². The van der Waals surface area contributed by atoms with E-state index in [1.165, 1.54) is 11.1 Å². The lowest BCUT2D eigenvalue weighted by atomic mass is 9.79. The molecule has 0 atom stereocenters. The SMILES string of the molecule is CC(C)(C)c1cc(-c2ccc(C(=O)O)nc2)cc(C(C)(C)C)c1. The number of rotatable bonds is 2. The Hall–Kier alpha value is -2.16. The summed E-state index contributed by atoms with van der Waals surface area (Å²) < 4.78 is 0. The third-order valence-electron chi connectivity index (χ3n) is 3.98. The van der Waals surface area contributed by atoms with Crippen LogP contribution in [0.25, 0.3) is 11.1 Å². The van der Waals surface area contributed by atoms with Crippen LogP contribution in [0.4, 0.5) is 0 Å². The molecule has 1 aromatic heterocycles. The Labute approximate surface area is 138 Å². The summed E-state index contributed by atoms with van der Waals surface area (Å²) in [4.78, 5) is 15.0. The van der Waals surface area contributed by atoms with Crippen LogP contribution in [0.15, 0.2) is 36.5 Å². The van der Waals surface area contributed by atoms with Gasteiger partial charge in [-0.15, -0.1) is 0 Å². The molecule has 0 aliphatic rings. The van der Waals surface area contributed by atoms with E-state index < -0.39 is 5.97 Å². The smallest absolute Gasteiger partial charge is 0.354 e. The van der Waals surface area contributed by atoms with E-state index in [2.05, 4.69) is 64.7 Å². The summed E-state index contributed by atoms with van der Waals surface area (Å²) in [6.45, 7) is 13.2. The fourth-order valence-electron chi connectivity index (χ4n) is 2.35. The Morgan fingerprint density at radius 3 is 1.74 bits per heavy atom. The van der Waals surface area contributed by atoms with Crippen molar-refractivity contribution in [2.75, 3.05) is 0 Å². The van der Waals surface area contributed by atoms with Crippen LogP contribution in [0, 0.1) is 0 Å². The maximum Gasteiger partial charge on any atom is 0.354 e. The van der Waals surface area contributed by atoms with Crippen molar-refractivity contribution in [2.45, 2.75) is 52.4 Å². The first-order chi connectivity index (χ1) is 10.5. The predicted octanol–water partition coefficient (Wildman–Crippen LogP) is 5.04. The van der Waals surface area contributed by atoms with E-state index >= 15 is 0 Å². The number of nitrogens with zero attached hydrogens (tertiary/aromatic N) is 1. The average Bonchev–Trinajstić information content (AvgIpc) is 2.45. The molecule has 1 N–H and O–H groups in total. The van der Waals surface area contributed by atoms with Gasteiger partial charge in [0.2, 0.25) is 0 Å². The molecule has 0 unspecified atom stereocenters. The van der Waals surface area contributed by atoms with Gasteiger partial charge in [-0.1, -0.05) is 65.8 Å². The summed E-state index contributed by atoms with van der Waals surface area (Å²) >= 11 is 0. The van der Waals surface area contributed by atoms with Crippen LogP contribution in [0.2, 0.25) is 0 Å². The van der Waals surface area contributed by atoms with Crippen LogP contribution in [-0.2, 0) is 10.8 Å². The van der Waals surface area contributed by atoms with Gasteiger partial charge < -0.3 is 5.11 Å². The molecule has 1 heterocycles. The Kier molecular flexibility index (Phi) is 4.34. The zero-order valence-electron chi connectivity index (χ0n) is 14.8. The lowest BCUT2D eigenvalue weighted by Gasteiger charge is -2.26. The molecule has 0 aliphatic carbocycles. The third-order valence-corrected chi connectivity index (χ3v) is 3.98. The number of pyridine rings is 1. The minimum atomic E-state index is -1.00. The highest BCUT2D eigenvalue weighted by molar-refractivity contribution is 5.85. The third kappa shape index (κ3) is 3.98. The van der Waals surface area contributed by atoms with Gasteiger partial charge in [0, 0.05) is 11.8 Å². The zero-order valence-corrected chi connectivity index (χ0v) is 14.8. The normalized spacial score (nSPS) is 12.3. The maximum absolute atomic E-state index is 11.0. The average molecular weight is 311 g/mol. The minimum absolute atomic E-state index is 0.0461. The largest absolute Gasteiger partial charge is 0.477 e. The molecule has 3 nitrogen and oxygen atoms in total. The van der Waals surface area contributed by atoms with Gasteiger partial charge in [-0.2, -0.15) is 0 Å². The fraction of sp³-hybridized carbons (Fsp3) is 0.400. The van der Waals surface area contributed by atoms with Crippen molar-refractivity contribution >= 4 is 5.97 Å². The molecule has 3 heteroatoms. The van der Waals surface area contributed by atoms with Gasteiger partial charge in [0.1, 0.15) is 5.69 Å². The van der Waals surface area contributed by atoms with Crippen molar-refractivity contribution in [2.24, 2.45) is 0 Å². The topological polar surface area (TPSA) is 50.2 Å². The van der Waals surface area contributed by atoms with Crippen LogP contribution in [-0.4, -0.2) is 16.1 Å². The number of carboxylic acid groups (broad SMARTS) is 1. The summed E-state index contributed by atoms with van der Waals surface area (Å²) in [5, 5.41) is 8.99. The molecule has 0 radical (unpaired) electrons. The van der Waals surface area contributed by atoms with E-state index in [0.717, 1.165) is 11.1 Å². The summed E-state index contributed by atoms with van der Waals surface area (Å²) in [6, 6.07) is 9.99. The Morgan fingerprint density at radius 1 is 0.870 bits per heavy atom. The molecule has 1 aromatic carbocycles. The van der Waals surface area contributed by atoms with Crippen molar-refractivity contribution in [1.29, 1.82) is 0 Å². The van der Waals surface area contributed by atoms with Gasteiger partial charge >= 0.3 is 5.97 Å². The molecule has 122 valence electrons. The molecule has 0 amide bonds. The number of carboxylic acids is 1. The summed E-state index contributed by atoms with van der Waals surface area (Å²) in [7, 11) is 0. The second-order valence-corrected chi connectivity index (χ2v) is 8.04. The first-order valence-electron chi connectivity index (χ1n) is 7.84. The number of carbonyl (C=O) groups is 1. The minimum Gasteiger partial charge on any atom is -0.477 e. The molecule has 23 heavy (non-hydrogen) atoms. The van der Waals surface area contributed by atoms with E-state index in [0.29, 0.717) is 0 Å². The number of aromatic nitrogens is 1. The zero-order chi connectivity index (χ0) is 17.4. The Bertz CT molecular complexity index is 685. The van der Waals surface area contributed by atoms with Crippen molar-refractivity contribution in [3.63, 3.8) is 0 Å². The van der Waals surface area contributed by atoms with Crippen molar-refractivity contribution in [3.8, 4) is 11.1 Å². The lowest BCUT2D eigenvalue weighted by Crippen LogP contribution is -2.16. The molecule has 0 fully saturated rings. The van der Waals surface area contributed by atoms with Crippen LogP contribution in [0.1, 0.15) is 63.2 Å². The molecule has 0 bridgehead atoms. The van der Waals surface area contributed by atoms with E-state index in [9.17, 15) is 4.79 Å². The molecule has 0 saturated heterocycles. The number of hydrogen-bond donors (Lipinski definition) is 1. The molecular formula is C20H25NO2. The Balaban J connectivity index is 2.59. The molecule has 0 aliphatic heterocycles.